The zero-order valence-electron chi connectivity index (χ0n) is 17.4. The molecule has 158 valence electrons. The average Bonchev–Trinajstić information content (AvgIpc) is 3.21. The highest BCUT2D eigenvalue weighted by molar-refractivity contribution is 9.10. The van der Waals surface area contributed by atoms with Crippen LogP contribution in [0.15, 0.2) is 62.9 Å². The number of benzene rings is 2. The van der Waals surface area contributed by atoms with Crippen LogP contribution < -0.4 is 5.32 Å². The van der Waals surface area contributed by atoms with Gasteiger partial charge in [-0.2, -0.15) is 0 Å². The van der Waals surface area contributed by atoms with Crippen LogP contribution in [0, 0.1) is 19.7 Å². The third kappa shape index (κ3) is 4.52. The summed E-state index contributed by atoms with van der Waals surface area (Å²) in [5.74, 6) is -0.500. The number of hydrogen-bond acceptors (Lipinski definition) is 3. The number of thioether (sulfide) groups is 1. The predicted octanol–water partition coefficient (Wildman–Crippen LogP) is 6.45. The molecule has 4 nitrogen and oxygen atoms in total. The van der Waals surface area contributed by atoms with Crippen molar-refractivity contribution in [1.29, 1.82) is 0 Å². The van der Waals surface area contributed by atoms with Gasteiger partial charge in [0, 0.05) is 15.9 Å². The summed E-state index contributed by atoms with van der Waals surface area (Å²) >= 11 is 4.60. The molecule has 0 unspecified atom stereocenters. The van der Waals surface area contributed by atoms with Crippen molar-refractivity contribution in [3.8, 4) is 5.69 Å². The monoisotopic (exact) mass is 497 g/mol. The molecular formula is C24H21BrFN3OS. The number of aliphatic imine (C=N–C) groups is 1. The third-order valence-electron chi connectivity index (χ3n) is 5.13. The molecule has 0 spiro atoms. The second-order valence-electron chi connectivity index (χ2n) is 7.26. The van der Waals surface area contributed by atoms with Gasteiger partial charge >= 0.3 is 0 Å². The Balaban J connectivity index is 1.63. The molecule has 1 saturated heterocycles. The second-order valence-corrected chi connectivity index (χ2v) is 9.21. The van der Waals surface area contributed by atoms with Crippen molar-refractivity contribution in [2.45, 2.75) is 27.2 Å². The smallest absolute Gasteiger partial charge is 0.264 e. The molecule has 4 rings (SSSR count). The standard InChI is InChI=1S/C24H21BrFN3OS/c1-4-16-5-8-19(9-6-16)27-24-28-23(30)22(31-24)12-17-11-14(2)29(15(17)3)21-10-7-18(25)13-20(21)26/h5-13H,4H2,1-3H3,(H,27,28,30)/b22-12-. The fourth-order valence-electron chi connectivity index (χ4n) is 3.51. The number of amides is 1. The second kappa shape index (κ2) is 8.85. The van der Waals surface area contributed by atoms with Crippen molar-refractivity contribution in [3.63, 3.8) is 0 Å². The van der Waals surface area contributed by atoms with Crippen LogP contribution in [-0.4, -0.2) is 15.6 Å². The summed E-state index contributed by atoms with van der Waals surface area (Å²) in [4.78, 5) is 17.6. The fraction of sp³-hybridized carbons (Fsp3) is 0.167. The van der Waals surface area contributed by atoms with Crippen LogP contribution >= 0.6 is 27.7 Å². The van der Waals surface area contributed by atoms with Crippen molar-refractivity contribution < 1.29 is 9.18 Å². The Kier molecular flexibility index (Phi) is 6.16. The van der Waals surface area contributed by atoms with Crippen LogP contribution in [0.4, 0.5) is 10.1 Å². The minimum absolute atomic E-state index is 0.187. The Morgan fingerprint density at radius 3 is 2.58 bits per heavy atom. The summed E-state index contributed by atoms with van der Waals surface area (Å²) in [5, 5.41) is 3.37. The van der Waals surface area contributed by atoms with E-state index in [0.29, 0.717) is 20.2 Å². The molecule has 3 aromatic rings. The summed E-state index contributed by atoms with van der Waals surface area (Å²) in [5.41, 5.74) is 5.13. The zero-order valence-corrected chi connectivity index (χ0v) is 19.8. The molecule has 1 amide bonds. The molecule has 0 saturated carbocycles. The highest BCUT2D eigenvalue weighted by Gasteiger charge is 2.25. The highest BCUT2D eigenvalue weighted by Crippen LogP contribution is 2.31. The normalized spacial score (nSPS) is 16.4. The van der Waals surface area contributed by atoms with Gasteiger partial charge < -0.3 is 9.88 Å². The van der Waals surface area contributed by atoms with Gasteiger partial charge in [-0.05, 0) is 85.6 Å². The lowest BCUT2D eigenvalue weighted by atomic mass is 10.2. The van der Waals surface area contributed by atoms with Gasteiger partial charge in [0.15, 0.2) is 5.17 Å². The Morgan fingerprint density at radius 2 is 1.90 bits per heavy atom. The molecule has 1 N–H and O–H groups in total. The number of hydrogen-bond donors (Lipinski definition) is 1. The summed E-state index contributed by atoms with van der Waals surface area (Å²) < 4.78 is 17.1. The van der Waals surface area contributed by atoms with E-state index in [0.717, 1.165) is 29.1 Å². The first-order chi connectivity index (χ1) is 14.9. The third-order valence-corrected chi connectivity index (χ3v) is 6.54. The van der Waals surface area contributed by atoms with E-state index in [-0.39, 0.29) is 11.7 Å². The van der Waals surface area contributed by atoms with Crippen molar-refractivity contribution >= 4 is 50.5 Å². The van der Waals surface area contributed by atoms with E-state index >= 15 is 0 Å². The largest absolute Gasteiger partial charge is 0.315 e. The van der Waals surface area contributed by atoms with Gasteiger partial charge in [0.1, 0.15) is 5.82 Å². The van der Waals surface area contributed by atoms with E-state index in [1.165, 1.54) is 23.4 Å². The first-order valence-electron chi connectivity index (χ1n) is 9.88. The maximum absolute atomic E-state index is 14.5. The summed E-state index contributed by atoms with van der Waals surface area (Å²) in [7, 11) is 0. The number of carbonyl (C=O) groups excluding carboxylic acids is 1. The lowest BCUT2D eigenvalue weighted by molar-refractivity contribution is -0.115. The van der Waals surface area contributed by atoms with Crippen LogP contribution in [0.25, 0.3) is 11.8 Å². The molecule has 0 bridgehead atoms. The van der Waals surface area contributed by atoms with Crippen molar-refractivity contribution in [2.75, 3.05) is 0 Å². The predicted molar refractivity (Wildman–Crippen MR) is 130 cm³/mol. The van der Waals surface area contributed by atoms with Gasteiger partial charge in [0.25, 0.3) is 5.91 Å². The first kappa shape index (κ1) is 21.6. The van der Waals surface area contributed by atoms with Crippen LogP contribution in [0.5, 0.6) is 0 Å². The number of nitrogens with zero attached hydrogens (tertiary/aromatic N) is 2. The molecule has 1 fully saturated rings. The number of aromatic nitrogens is 1. The van der Waals surface area contributed by atoms with E-state index in [4.69, 9.17) is 0 Å². The van der Waals surface area contributed by atoms with E-state index in [1.54, 1.807) is 6.07 Å². The van der Waals surface area contributed by atoms with E-state index < -0.39 is 0 Å². The van der Waals surface area contributed by atoms with Gasteiger partial charge in [-0.1, -0.05) is 35.0 Å². The summed E-state index contributed by atoms with van der Waals surface area (Å²) in [6.45, 7) is 5.95. The lowest BCUT2D eigenvalue weighted by Crippen LogP contribution is -2.19. The van der Waals surface area contributed by atoms with Gasteiger partial charge in [0.05, 0.1) is 16.3 Å². The fourth-order valence-corrected chi connectivity index (χ4v) is 4.68. The highest BCUT2D eigenvalue weighted by atomic mass is 79.9. The molecule has 0 aliphatic carbocycles. The summed E-state index contributed by atoms with van der Waals surface area (Å²) in [6.07, 6.45) is 2.80. The van der Waals surface area contributed by atoms with E-state index in [1.807, 2.05) is 60.9 Å². The SMILES string of the molecule is CCc1ccc(N=C2NC(=O)/C(=C/c3cc(C)n(-c4ccc(Br)cc4F)c3C)S2)cc1. The number of amidine groups is 1. The molecule has 2 aromatic carbocycles. The molecule has 7 heteroatoms. The Hall–Kier alpha value is -2.64. The van der Waals surface area contributed by atoms with Gasteiger partial charge in [-0.25, -0.2) is 9.38 Å². The molecular weight excluding hydrogens is 477 g/mol. The Labute approximate surface area is 193 Å². The van der Waals surface area contributed by atoms with Crippen molar-refractivity contribution in [1.82, 2.24) is 9.88 Å². The Morgan fingerprint density at radius 1 is 1.16 bits per heavy atom. The minimum atomic E-state index is -0.313. The number of nitrogens with one attached hydrogen (secondary N) is 1. The molecule has 0 radical (unpaired) electrons. The topological polar surface area (TPSA) is 46.4 Å². The number of aryl methyl sites for hydroxylation is 2. The number of carbonyl (C=O) groups is 1. The maximum Gasteiger partial charge on any atom is 0.264 e. The maximum atomic E-state index is 14.5. The number of halogens is 2. The first-order valence-corrected chi connectivity index (χ1v) is 11.5. The molecule has 31 heavy (non-hydrogen) atoms. The van der Waals surface area contributed by atoms with Crippen molar-refractivity contribution in [3.05, 3.63) is 86.2 Å². The molecule has 0 atom stereocenters. The Bertz CT molecular complexity index is 1230. The lowest BCUT2D eigenvalue weighted by Gasteiger charge is -2.11. The summed E-state index contributed by atoms with van der Waals surface area (Å²) in [6, 6.07) is 14.9. The minimum Gasteiger partial charge on any atom is -0.315 e. The van der Waals surface area contributed by atoms with Gasteiger partial charge in [-0.15, -0.1) is 0 Å². The van der Waals surface area contributed by atoms with Gasteiger partial charge in [-0.3, -0.25) is 4.79 Å². The zero-order chi connectivity index (χ0) is 22.1. The van der Waals surface area contributed by atoms with Crippen LogP contribution in [0.2, 0.25) is 0 Å². The molecule has 1 aromatic heterocycles. The average molecular weight is 498 g/mol. The van der Waals surface area contributed by atoms with Gasteiger partial charge in [0.2, 0.25) is 0 Å². The van der Waals surface area contributed by atoms with Crippen molar-refractivity contribution in [2.24, 2.45) is 4.99 Å². The van der Waals surface area contributed by atoms with Crippen LogP contribution in [0.1, 0.15) is 29.4 Å². The quantitative estimate of drug-likeness (QED) is 0.421. The van der Waals surface area contributed by atoms with Crippen LogP contribution in [0.3, 0.4) is 0 Å². The molecule has 1 aliphatic heterocycles. The number of rotatable bonds is 4. The molecule has 2 heterocycles. The molecule has 1 aliphatic rings. The van der Waals surface area contributed by atoms with E-state index in [2.05, 4.69) is 33.2 Å². The van der Waals surface area contributed by atoms with Crippen LogP contribution in [-0.2, 0) is 11.2 Å². The van der Waals surface area contributed by atoms with E-state index in [9.17, 15) is 9.18 Å².